The molecule has 2 saturated heterocycles. The zero-order valence-electron chi connectivity index (χ0n) is 12.0. The van der Waals surface area contributed by atoms with Crippen molar-refractivity contribution < 1.29 is 8.42 Å². The second-order valence-corrected chi connectivity index (χ2v) is 8.39. The molecule has 3 atom stereocenters. The Kier molecular flexibility index (Phi) is 3.45. The summed E-state index contributed by atoms with van der Waals surface area (Å²) in [4.78, 5) is 0.326. The van der Waals surface area contributed by atoms with Crippen LogP contribution in [0.5, 0.6) is 0 Å². The number of piperidine rings is 2. The first-order chi connectivity index (χ1) is 10.6. The Bertz CT molecular complexity index is 717. The highest BCUT2D eigenvalue weighted by Crippen LogP contribution is 2.41. The fraction of sp³-hybridized carbons (Fsp3) is 0.467. The molecular weight excluding hydrogens is 322 g/mol. The Balaban J connectivity index is 1.75. The molecule has 3 aliphatic rings. The number of nitrogens with zero attached hydrogens (tertiary/aromatic N) is 1. The first-order valence-electron chi connectivity index (χ1n) is 7.57. The van der Waals surface area contributed by atoms with Crippen LogP contribution in [-0.2, 0) is 10.0 Å². The summed E-state index contributed by atoms with van der Waals surface area (Å²) < 4.78 is 28.0. The smallest absolute Gasteiger partial charge is 0.243 e. The van der Waals surface area contributed by atoms with E-state index in [1.807, 2.05) is 6.20 Å². The van der Waals surface area contributed by atoms with E-state index in [1.54, 1.807) is 28.6 Å². The maximum absolute atomic E-state index is 13.1. The first kappa shape index (κ1) is 14.5. The van der Waals surface area contributed by atoms with Gasteiger partial charge in [-0.25, -0.2) is 13.8 Å². The van der Waals surface area contributed by atoms with E-state index in [-0.39, 0.29) is 18.1 Å². The number of fused-ring (bicyclic) bond motifs is 4. The van der Waals surface area contributed by atoms with Gasteiger partial charge in [-0.1, -0.05) is 11.6 Å². The Labute approximate surface area is 135 Å². The van der Waals surface area contributed by atoms with Crippen LogP contribution >= 0.6 is 11.6 Å². The van der Waals surface area contributed by atoms with E-state index in [1.165, 1.54) is 0 Å². The van der Waals surface area contributed by atoms with Crippen molar-refractivity contribution in [2.75, 3.05) is 0 Å². The largest absolute Gasteiger partial charge is 0.328 e. The predicted molar refractivity (Wildman–Crippen MR) is 84.7 cm³/mol. The zero-order valence-corrected chi connectivity index (χ0v) is 13.6. The fourth-order valence-electron chi connectivity index (χ4n) is 3.89. The van der Waals surface area contributed by atoms with Crippen molar-refractivity contribution in [3.05, 3.63) is 41.1 Å². The van der Waals surface area contributed by atoms with Crippen molar-refractivity contribution >= 4 is 21.6 Å². The Hall–Kier alpha value is -1.08. The third kappa shape index (κ3) is 2.17. The van der Waals surface area contributed by atoms with Crippen LogP contribution in [0.2, 0.25) is 5.02 Å². The average molecular weight is 340 g/mol. The zero-order chi connectivity index (χ0) is 15.3. The minimum Gasteiger partial charge on any atom is -0.328 e. The first-order valence-corrected chi connectivity index (χ1v) is 9.39. The molecule has 118 valence electrons. The van der Waals surface area contributed by atoms with Gasteiger partial charge in [-0.15, -0.1) is 0 Å². The molecule has 0 aliphatic carbocycles. The van der Waals surface area contributed by atoms with Crippen LogP contribution in [0, 0.1) is 0 Å². The quantitative estimate of drug-likeness (QED) is 0.865. The Morgan fingerprint density at radius 1 is 1.18 bits per heavy atom. The lowest BCUT2D eigenvalue weighted by Crippen LogP contribution is -2.58. The topological polar surface area (TPSA) is 61.4 Å². The second-order valence-electron chi connectivity index (χ2n) is 6.11. The van der Waals surface area contributed by atoms with Crippen molar-refractivity contribution in [1.82, 2.24) is 15.2 Å². The fourth-order valence-corrected chi connectivity index (χ4v) is 5.88. The molecule has 3 unspecified atom stereocenters. The maximum atomic E-state index is 13.1. The highest BCUT2D eigenvalue weighted by molar-refractivity contribution is 7.89. The normalized spacial score (nSPS) is 31.3. The van der Waals surface area contributed by atoms with Crippen LogP contribution in [0.15, 0.2) is 40.9 Å². The molecule has 3 heterocycles. The van der Waals surface area contributed by atoms with Gasteiger partial charge in [0.1, 0.15) is 0 Å². The molecule has 2 bridgehead atoms. The molecule has 0 spiro atoms. The molecule has 0 saturated carbocycles. The van der Waals surface area contributed by atoms with Gasteiger partial charge in [0.05, 0.1) is 10.9 Å². The van der Waals surface area contributed by atoms with E-state index in [2.05, 4.69) is 10.9 Å². The molecule has 1 aromatic carbocycles. The highest BCUT2D eigenvalue weighted by Gasteiger charge is 2.48. The number of halogens is 1. The van der Waals surface area contributed by atoms with Gasteiger partial charge < -0.3 is 5.43 Å². The summed E-state index contributed by atoms with van der Waals surface area (Å²) in [5, 5.41) is 0.546. The number of hydrogen-bond acceptors (Lipinski definition) is 4. The molecule has 4 rings (SSSR count). The number of hydrogen-bond donors (Lipinski definition) is 2. The molecule has 2 N–H and O–H groups in total. The number of rotatable bonds is 2. The predicted octanol–water partition coefficient (Wildman–Crippen LogP) is 2.02. The molecule has 2 fully saturated rings. The van der Waals surface area contributed by atoms with Crippen molar-refractivity contribution in [2.24, 2.45) is 0 Å². The summed E-state index contributed by atoms with van der Waals surface area (Å²) in [6, 6.07) is 6.74. The molecule has 3 aliphatic heterocycles. The molecule has 5 nitrogen and oxygen atoms in total. The van der Waals surface area contributed by atoms with E-state index in [9.17, 15) is 8.42 Å². The van der Waals surface area contributed by atoms with Crippen LogP contribution in [-0.4, -0.2) is 30.8 Å². The van der Waals surface area contributed by atoms with Crippen LogP contribution < -0.4 is 10.9 Å². The molecule has 0 radical (unpaired) electrons. The summed E-state index contributed by atoms with van der Waals surface area (Å²) in [7, 11) is -3.50. The summed E-state index contributed by atoms with van der Waals surface area (Å²) in [6.07, 6.45) is 5.64. The van der Waals surface area contributed by atoms with Crippen molar-refractivity contribution in [1.29, 1.82) is 0 Å². The van der Waals surface area contributed by atoms with E-state index < -0.39 is 10.0 Å². The summed E-state index contributed by atoms with van der Waals surface area (Å²) in [6.45, 7) is 0. The van der Waals surface area contributed by atoms with E-state index >= 15 is 0 Å². The third-order valence-corrected chi connectivity index (χ3v) is 7.09. The van der Waals surface area contributed by atoms with Gasteiger partial charge in [-0.05, 0) is 55.5 Å². The van der Waals surface area contributed by atoms with E-state index in [0.717, 1.165) is 31.3 Å². The molecule has 1 aromatic rings. The summed E-state index contributed by atoms with van der Waals surface area (Å²) >= 11 is 5.88. The van der Waals surface area contributed by atoms with Gasteiger partial charge in [0, 0.05) is 23.3 Å². The SMILES string of the molecule is O=S(=O)(c1ccc(Cl)cc1)N1C2CCCC1C1=CNNC1C2. The lowest BCUT2D eigenvalue weighted by atomic mass is 9.81. The monoisotopic (exact) mass is 339 g/mol. The van der Waals surface area contributed by atoms with E-state index in [4.69, 9.17) is 11.6 Å². The van der Waals surface area contributed by atoms with Crippen LogP contribution in [0.25, 0.3) is 0 Å². The highest BCUT2D eigenvalue weighted by atomic mass is 35.5. The van der Waals surface area contributed by atoms with E-state index in [0.29, 0.717) is 9.92 Å². The van der Waals surface area contributed by atoms with Crippen LogP contribution in [0.1, 0.15) is 25.7 Å². The van der Waals surface area contributed by atoms with Crippen molar-refractivity contribution in [3.63, 3.8) is 0 Å². The van der Waals surface area contributed by atoms with Crippen molar-refractivity contribution in [3.8, 4) is 0 Å². The van der Waals surface area contributed by atoms with Crippen LogP contribution in [0.3, 0.4) is 0 Å². The lowest BCUT2D eigenvalue weighted by Gasteiger charge is -2.47. The third-order valence-electron chi connectivity index (χ3n) is 4.86. The Morgan fingerprint density at radius 3 is 2.73 bits per heavy atom. The van der Waals surface area contributed by atoms with Gasteiger partial charge in [-0.2, -0.15) is 4.31 Å². The summed E-state index contributed by atoms with van der Waals surface area (Å²) in [5.41, 5.74) is 7.43. The second kappa shape index (κ2) is 5.23. The molecular formula is C15H18ClN3O2S. The minimum atomic E-state index is -3.50. The van der Waals surface area contributed by atoms with Gasteiger partial charge in [0.2, 0.25) is 10.0 Å². The van der Waals surface area contributed by atoms with Gasteiger partial charge >= 0.3 is 0 Å². The summed E-state index contributed by atoms with van der Waals surface area (Å²) in [5.74, 6) is 0. The lowest BCUT2D eigenvalue weighted by molar-refractivity contribution is 0.149. The maximum Gasteiger partial charge on any atom is 0.243 e. The van der Waals surface area contributed by atoms with Gasteiger partial charge in [0.25, 0.3) is 0 Å². The standard InChI is InChI=1S/C15H18ClN3O2S/c16-10-4-6-12(7-5-10)22(20,21)19-11-2-1-3-15(19)13-9-17-18-14(13)8-11/h4-7,9,11,14-15,17-18H,1-3,8H2. The molecule has 0 aromatic heterocycles. The minimum absolute atomic E-state index is 0.0410. The van der Waals surface area contributed by atoms with Gasteiger partial charge in [0.15, 0.2) is 0 Å². The molecule has 0 amide bonds. The number of benzene rings is 1. The number of nitrogens with one attached hydrogen (secondary N) is 2. The molecule has 22 heavy (non-hydrogen) atoms. The van der Waals surface area contributed by atoms with Crippen LogP contribution in [0.4, 0.5) is 0 Å². The average Bonchev–Trinajstić information content (AvgIpc) is 2.95. The van der Waals surface area contributed by atoms with Gasteiger partial charge in [-0.3, -0.25) is 0 Å². The number of sulfonamides is 1. The molecule has 7 heteroatoms. The Morgan fingerprint density at radius 2 is 1.95 bits per heavy atom. The van der Waals surface area contributed by atoms with Crippen molar-refractivity contribution in [2.45, 2.75) is 48.7 Å². The number of hydrazine groups is 1.